The summed E-state index contributed by atoms with van der Waals surface area (Å²) in [5.41, 5.74) is 3.51. The van der Waals surface area contributed by atoms with Crippen molar-refractivity contribution in [1.29, 1.82) is 0 Å². The van der Waals surface area contributed by atoms with Crippen molar-refractivity contribution in [3.63, 3.8) is 0 Å². The Balaban J connectivity index is 0.00000218. The van der Waals surface area contributed by atoms with Crippen LogP contribution >= 0.6 is 11.6 Å². The number of ether oxygens (including phenoxy) is 2. The summed E-state index contributed by atoms with van der Waals surface area (Å²) < 4.78 is 10.8. The first-order valence-corrected chi connectivity index (χ1v) is 9.87. The van der Waals surface area contributed by atoms with Gasteiger partial charge in [0.15, 0.2) is 11.5 Å². The molecule has 148 valence electrons. The van der Waals surface area contributed by atoms with Crippen LogP contribution in [0, 0.1) is 6.92 Å². The molecule has 5 nitrogen and oxygen atoms in total. The number of nitrogens with one attached hydrogen (secondary N) is 1. The zero-order chi connectivity index (χ0) is 20.0. The largest absolute Gasteiger partial charge is 0.454 e. The topological polar surface area (TPSA) is 60.5 Å². The lowest BCUT2D eigenvalue weighted by atomic mass is 9.94. The summed E-state index contributed by atoms with van der Waals surface area (Å²) in [7, 11) is 0. The van der Waals surface area contributed by atoms with Gasteiger partial charge >= 0.3 is 0 Å². The third-order valence-electron chi connectivity index (χ3n) is 5.62. The Morgan fingerprint density at radius 3 is 2.59 bits per heavy atom. The van der Waals surface area contributed by atoms with Crippen LogP contribution in [-0.4, -0.2) is 17.7 Å². The van der Waals surface area contributed by atoms with Crippen LogP contribution in [0.3, 0.4) is 0 Å². The van der Waals surface area contributed by atoms with Gasteiger partial charge < -0.3 is 14.8 Å². The minimum atomic E-state index is -0.522. The molecule has 1 fully saturated rings. The zero-order valence-corrected chi connectivity index (χ0v) is 16.6. The quantitative estimate of drug-likeness (QED) is 0.631. The first kappa shape index (κ1) is 18.0. The Labute approximate surface area is 175 Å². The normalized spacial score (nSPS) is 15.8. The first-order valence-electron chi connectivity index (χ1n) is 9.49. The molecule has 0 spiro atoms. The van der Waals surface area contributed by atoms with Gasteiger partial charge in [0.05, 0.1) is 5.41 Å². The number of halogens is 1. The van der Waals surface area contributed by atoms with Crippen LogP contribution < -0.4 is 14.8 Å². The number of nitrogens with zero attached hydrogens (tertiary/aromatic N) is 1. The molecule has 2 aliphatic rings. The first-order chi connectivity index (χ1) is 14.0. The van der Waals surface area contributed by atoms with E-state index in [0.717, 1.165) is 40.8 Å². The third kappa shape index (κ3) is 3.21. The fourth-order valence-corrected chi connectivity index (χ4v) is 3.88. The maximum atomic E-state index is 13.1. The van der Waals surface area contributed by atoms with Gasteiger partial charge in [-0.05, 0) is 66.8 Å². The molecule has 1 saturated carbocycles. The fourth-order valence-electron chi connectivity index (χ4n) is 3.76. The second-order valence-corrected chi connectivity index (χ2v) is 7.93. The highest BCUT2D eigenvalue weighted by molar-refractivity contribution is 6.30. The van der Waals surface area contributed by atoms with Gasteiger partial charge in [0.25, 0.3) is 0 Å². The van der Waals surface area contributed by atoms with Crippen LogP contribution in [0.4, 0.5) is 5.82 Å². The number of fused-ring (bicyclic) bond motifs is 1. The van der Waals surface area contributed by atoms with E-state index in [-0.39, 0.29) is 14.1 Å². The molecule has 0 unspecified atom stereocenters. The van der Waals surface area contributed by atoms with Crippen molar-refractivity contribution in [3.8, 4) is 22.6 Å². The minimum Gasteiger partial charge on any atom is -0.454 e. The highest BCUT2D eigenvalue weighted by Gasteiger charge is 2.51. The van der Waals surface area contributed by atoms with E-state index in [1.807, 2.05) is 55.5 Å². The van der Waals surface area contributed by atoms with Gasteiger partial charge in [0.1, 0.15) is 5.82 Å². The molecule has 0 saturated heterocycles. The zero-order valence-electron chi connectivity index (χ0n) is 15.9. The number of anilines is 1. The van der Waals surface area contributed by atoms with Gasteiger partial charge in [0, 0.05) is 18.2 Å². The number of rotatable bonds is 4. The standard InChI is InChI=1S/C23H19ClN2O3.H2/c1-14-10-21(25-12-18(14)15-2-5-17(24)6-3-15)26-22(27)23(8-9-23)16-4-7-19-20(11-16)29-13-28-19;/h2-7,10-12H,8-9,13H2,1H3,(H,25,26,27);1H. The molecule has 0 bridgehead atoms. The van der Waals surface area contributed by atoms with E-state index in [9.17, 15) is 4.79 Å². The van der Waals surface area contributed by atoms with E-state index in [1.54, 1.807) is 6.20 Å². The van der Waals surface area contributed by atoms with Crippen molar-refractivity contribution < 1.29 is 15.7 Å². The summed E-state index contributed by atoms with van der Waals surface area (Å²) in [6.07, 6.45) is 3.40. The summed E-state index contributed by atoms with van der Waals surface area (Å²) in [4.78, 5) is 17.5. The molecule has 1 aliphatic carbocycles. The van der Waals surface area contributed by atoms with Gasteiger partial charge in [-0.3, -0.25) is 4.79 Å². The van der Waals surface area contributed by atoms with Crippen molar-refractivity contribution in [2.45, 2.75) is 25.2 Å². The Hall–Kier alpha value is -3.05. The number of benzene rings is 2. The Morgan fingerprint density at radius 1 is 1.10 bits per heavy atom. The fraction of sp³-hybridized carbons (Fsp3) is 0.217. The lowest BCUT2D eigenvalue weighted by Crippen LogP contribution is -2.28. The Morgan fingerprint density at radius 2 is 1.86 bits per heavy atom. The van der Waals surface area contributed by atoms with E-state index < -0.39 is 5.41 Å². The number of aromatic nitrogens is 1. The Bertz CT molecular complexity index is 1110. The number of hydrogen-bond donors (Lipinski definition) is 1. The van der Waals surface area contributed by atoms with Crippen molar-refractivity contribution in [2.24, 2.45) is 0 Å². The molecule has 3 aromatic rings. The summed E-state index contributed by atoms with van der Waals surface area (Å²) in [6.45, 7) is 2.23. The smallest absolute Gasteiger partial charge is 0.236 e. The van der Waals surface area contributed by atoms with E-state index in [0.29, 0.717) is 16.6 Å². The van der Waals surface area contributed by atoms with Crippen molar-refractivity contribution in [2.75, 3.05) is 12.1 Å². The van der Waals surface area contributed by atoms with Gasteiger partial charge in [-0.2, -0.15) is 0 Å². The molecule has 2 heterocycles. The van der Waals surface area contributed by atoms with Crippen LogP contribution in [0.15, 0.2) is 54.7 Å². The van der Waals surface area contributed by atoms with Crippen molar-refractivity contribution in [3.05, 3.63) is 70.9 Å². The number of amides is 1. The van der Waals surface area contributed by atoms with Crippen molar-refractivity contribution >= 4 is 23.3 Å². The van der Waals surface area contributed by atoms with E-state index in [2.05, 4.69) is 10.3 Å². The second-order valence-electron chi connectivity index (χ2n) is 7.50. The lowest BCUT2D eigenvalue weighted by molar-refractivity contribution is -0.118. The lowest BCUT2D eigenvalue weighted by Gasteiger charge is -2.16. The average Bonchev–Trinajstić information content (AvgIpc) is 3.40. The summed E-state index contributed by atoms with van der Waals surface area (Å²) >= 11 is 5.97. The number of hydrogen-bond acceptors (Lipinski definition) is 4. The number of carbonyl (C=O) groups excluding carboxylic acids is 1. The predicted molar refractivity (Wildman–Crippen MR) is 114 cm³/mol. The van der Waals surface area contributed by atoms with Gasteiger partial charge in [-0.15, -0.1) is 0 Å². The molecule has 1 aliphatic heterocycles. The maximum Gasteiger partial charge on any atom is 0.236 e. The van der Waals surface area contributed by atoms with E-state index in [4.69, 9.17) is 21.1 Å². The van der Waals surface area contributed by atoms with Crippen LogP contribution in [0.1, 0.15) is 25.4 Å². The molecule has 29 heavy (non-hydrogen) atoms. The SMILES string of the molecule is Cc1cc(NC(=O)C2(c3ccc4c(c3)OCO4)CC2)ncc1-c1ccc(Cl)cc1.[HH]. The number of carbonyl (C=O) groups is 1. The van der Waals surface area contributed by atoms with Crippen LogP contribution in [0.5, 0.6) is 11.5 Å². The molecule has 6 heteroatoms. The monoisotopic (exact) mass is 408 g/mol. The van der Waals surface area contributed by atoms with Crippen LogP contribution in [-0.2, 0) is 10.2 Å². The molecule has 5 rings (SSSR count). The van der Waals surface area contributed by atoms with Crippen LogP contribution in [0.2, 0.25) is 5.02 Å². The second kappa shape index (κ2) is 6.78. The van der Waals surface area contributed by atoms with Crippen molar-refractivity contribution in [1.82, 2.24) is 4.98 Å². The molecule has 0 radical (unpaired) electrons. The minimum absolute atomic E-state index is 0. The third-order valence-corrected chi connectivity index (χ3v) is 5.87. The van der Waals surface area contributed by atoms with E-state index in [1.165, 1.54) is 0 Å². The highest BCUT2D eigenvalue weighted by Crippen LogP contribution is 2.51. The molecular weight excluding hydrogens is 388 g/mol. The predicted octanol–water partition coefficient (Wildman–Crippen LogP) is 5.36. The summed E-state index contributed by atoms with van der Waals surface area (Å²) in [5.74, 6) is 1.93. The van der Waals surface area contributed by atoms with Gasteiger partial charge in [0.2, 0.25) is 12.7 Å². The van der Waals surface area contributed by atoms with Gasteiger partial charge in [-0.25, -0.2) is 4.98 Å². The molecule has 1 amide bonds. The van der Waals surface area contributed by atoms with Gasteiger partial charge in [-0.1, -0.05) is 29.8 Å². The summed E-state index contributed by atoms with van der Waals surface area (Å²) in [5, 5.41) is 3.69. The molecule has 1 aromatic heterocycles. The average molecular weight is 409 g/mol. The van der Waals surface area contributed by atoms with E-state index >= 15 is 0 Å². The molecule has 1 N–H and O–H groups in total. The summed E-state index contributed by atoms with van der Waals surface area (Å²) in [6, 6.07) is 15.3. The maximum absolute atomic E-state index is 13.1. The molecule has 0 atom stereocenters. The highest BCUT2D eigenvalue weighted by atomic mass is 35.5. The Kier molecular flexibility index (Phi) is 4.21. The molecular formula is C23H21ClN2O3. The van der Waals surface area contributed by atoms with Crippen LogP contribution in [0.25, 0.3) is 11.1 Å². The molecule has 2 aromatic carbocycles. The number of aryl methyl sites for hydroxylation is 1. The number of pyridine rings is 1.